The predicted molar refractivity (Wildman–Crippen MR) is 76.3 cm³/mol. The highest BCUT2D eigenvalue weighted by molar-refractivity contribution is 5.34. The molecule has 0 aliphatic carbocycles. The molecule has 1 heterocycles. The van der Waals surface area contributed by atoms with Crippen molar-refractivity contribution in [2.24, 2.45) is 5.73 Å². The van der Waals surface area contributed by atoms with E-state index >= 15 is 0 Å². The van der Waals surface area contributed by atoms with Crippen molar-refractivity contribution >= 4 is 0 Å². The Morgan fingerprint density at radius 2 is 2.15 bits per heavy atom. The third-order valence-corrected chi connectivity index (χ3v) is 3.87. The van der Waals surface area contributed by atoms with Crippen molar-refractivity contribution in [2.45, 2.75) is 31.1 Å². The summed E-state index contributed by atoms with van der Waals surface area (Å²) >= 11 is 0. The number of hydrogen-bond donors (Lipinski definition) is 1. The average molecular weight is 271 g/mol. The highest BCUT2D eigenvalue weighted by Crippen LogP contribution is 2.26. The molecule has 2 N–H and O–H groups in total. The van der Waals surface area contributed by atoms with Crippen LogP contribution in [-0.2, 0) is 6.54 Å². The molecule has 1 aromatic carbocycles. The van der Waals surface area contributed by atoms with Crippen LogP contribution in [0.1, 0.15) is 24.0 Å². The van der Waals surface area contributed by atoms with Crippen LogP contribution in [0.15, 0.2) is 24.3 Å². The molecule has 0 amide bonds. The molecule has 0 radical (unpaired) electrons. The highest BCUT2D eigenvalue weighted by Gasteiger charge is 2.40. The maximum absolute atomic E-state index is 14.1. The molecule has 2 rings (SSSR count). The summed E-state index contributed by atoms with van der Waals surface area (Å²) in [7, 11) is 0. The summed E-state index contributed by atoms with van der Waals surface area (Å²) in [6.45, 7) is 1.65. The van der Waals surface area contributed by atoms with Crippen molar-refractivity contribution in [3.63, 3.8) is 0 Å². The topological polar surface area (TPSA) is 53.0 Å². The van der Waals surface area contributed by atoms with Gasteiger partial charge in [-0.1, -0.05) is 18.1 Å². The van der Waals surface area contributed by atoms with Crippen molar-refractivity contribution in [3.05, 3.63) is 35.4 Å². The molecule has 0 aromatic heterocycles. The number of nitriles is 1. The van der Waals surface area contributed by atoms with Crippen LogP contribution in [0.3, 0.4) is 0 Å². The van der Waals surface area contributed by atoms with Crippen molar-refractivity contribution in [1.82, 2.24) is 4.90 Å². The number of alkyl halides is 1. The zero-order chi connectivity index (χ0) is 14.6. The molecule has 4 heteroatoms. The first-order valence-electron chi connectivity index (χ1n) is 6.65. The molecule has 20 heavy (non-hydrogen) atoms. The van der Waals surface area contributed by atoms with Gasteiger partial charge in [0.05, 0.1) is 18.0 Å². The Morgan fingerprint density at radius 3 is 2.70 bits per heavy atom. The number of halogens is 1. The van der Waals surface area contributed by atoms with Crippen LogP contribution >= 0.6 is 0 Å². The van der Waals surface area contributed by atoms with Crippen LogP contribution in [0, 0.1) is 23.7 Å². The van der Waals surface area contributed by atoms with Gasteiger partial charge in [-0.2, -0.15) is 5.26 Å². The van der Waals surface area contributed by atoms with E-state index in [1.165, 1.54) is 0 Å². The number of benzene rings is 1. The maximum atomic E-state index is 14.1. The normalized spacial score (nSPS) is 26.7. The number of nitrogens with zero attached hydrogens (tertiary/aromatic N) is 2. The van der Waals surface area contributed by atoms with Crippen molar-refractivity contribution in [3.8, 4) is 18.4 Å². The number of likely N-dealkylation sites (tertiary alicyclic amines) is 1. The third-order valence-electron chi connectivity index (χ3n) is 3.87. The second kappa shape index (κ2) is 6.05. The Labute approximate surface area is 119 Å². The summed E-state index contributed by atoms with van der Waals surface area (Å²) in [4.78, 5) is 2.03. The first-order chi connectivity index (χ1) is 9.57. The standard InChI is InChI=1S/C16H18FN3/c1-2-13-3-5-14(6-4-13)11-20-10-8-16(19,7-9-18)15(17)12-20/h1,3-6,15H,7-8,10-12,19H2. The van der Waals surface area contributed by atoms with E-state index in [2.05, 4.69) is 5.92 Å². The molecule has 0 spiro atoms. The minimum Gasteiger partial charge on any atom is -0.322 e. The summed E-state index contributed by atoms with van der Waals surface area (Å²) in [6, 6.07) is 9.67. The summed E-state index contributed by atoms with van der Waals surface area (Å²) < 4.78 is 14.1. The molecule has 1 aliphatic heterocycles. The molecular formula is C16H18FN3. The van der Waals surface area contributed by atoms with Crippen molar-refractivity contribution in [2.75, 3.05) is 13.1 Å². The van der Waals surface area contributed by atoms with Crippen molar-refractivity contribution < 1.29 is 4.39 Å². The van der Waals surface area contributed by atoms with Crippen LogP contribution in [0.25, 0.3) is 0 Å². The molecule has 104 valence electrons. The smallest absolute Gasteiger partial charge is 0.132 e. The number of terminal acetylenes is 1. The van der Waals surface area contributed by atoms with Gasteiger partial charge < -0.3 is 5.73 Å². The van der Waals surface area contributed by atoms with Gasteiger partial charge in [-0.15, -0.1) is 6.42 Å². The van der Waals surface area contributed by atoms with E-state index in [0.29, 0.717) is 19.5 Å². The highest BCUT2D eigenvalue weighted by atomic mass is 19.1. The van der Waals surface area contributed by atoms with Gasteiger partial charge in [0.25, 0.3) is 0 Å². The Morgan fingerprint density at radius 1 is 1.45 bits per heavy atom. The van der Waals surface area contributed by atoms with Gasteiger partial charge >= 0.3 is 0 Å². The lowest BCUT2D eigenvalue weighted by Crippen LogP contribution is -2.58. The van der Waals surface area contributed by atoms with E-state index in [-0.39, 0.29) is 13.0 Å². The van der Waals surface area contributed by atoms with Crippen LogP contribution in [0.4, 0.5) is 4.39 Å². The van der Waals surface area contributed by atoms with Gasteiger partial charge in [-0.3, -0.25) is 4.90 Å². The third kappa shape index (κ3) is 3.17. The fourth-order valence-electron chi connectivity index (χ4n) is 2.48. The lowest BCUT2D eigenvalue weighted by atomic mass is 9.84. The van der Waals surface area contributed by atoms with E-state index < -0.39 is 11.7 Å². The molecule has 2 atom stereocenters. The van der Waals surface area contributed by atoms with Crippen molar-refractivity contribution in [1.29, 1.82) is 5.26 Å². The molecule has 3 nitrogen and oxygen atoms in total. The quantitative estimate of drug-likeness (QED) is 0.853. The van der Waals surface area contributed by atoms with Crippen LogP contribution in [0.2, 0.25) is 0 Å². The number of rotatable bonds is 3. The lowest BCUT2D eigenvalue weighted by Gasteiger charge is -2.40. The van der Waals surface area contributed by atoms with E-state index in [0.717, 1.165) is 11.1 Å². The van der Waals surface area contributed by atoms with E-state index in [9.17, 15) is 4.39 Å². The number of piperidine rings is 1. The molecular weight excluding hydrogens is 253 g/mol. The fraction of sp³-hybridized carbons (Fsp3) is 0.438. The van der Waals surface area contributed by atoms with Gasteiger partial charge in [0.15, 0.2) is 0 Å². The second-order valence-electron chi connectivity index (χ2n) is 5.36. The van der Waals surface area contributed by atoms with Crippen LogP contribution < -0.4 is 5.73 Å². The zero-order valence-corrected chi connectivity index (χ0v) is 11.3. The summed E-state index contributed by atoms with van der Waals surface area (Å²) in [5.74, 6) is 2.57. The lowest BCUT2D eigenvalue weighted by molar-refractivity contribution is 0.0610. The summed E-state index contributed by atoms with van der Waals surface area (Å²) in [6.07, 6.45) is 4.72. The Bertz CT molecular complexity index is 540. The van der Waals surface area contributed by atoms with Crippen LogP contribution in [0.5, 0.6) is 0 Å². The molecule has 1 saturated heterocycles. The fourth-order valence-corrected chi connectivity index (χ4v) is 2.48. The first-order valence-corrected chi connectivity index (χ1v) is 6.65. The Balaban J connectivity index is 1.96. The second-order valence-corrected chi connectivity index (χ2v) is 5.36. The predicted octanol–water partition coefficient (Wildman–Crippen LogP) is 1.82. The van der Waals surface area contributed by atoms with Gasteiger partial charge in [-0.25, -0.2) is 4.39 Å². The Hall–Kier alpha value is -1.88. The molecule has 2 unspecified atom stereocenters. The summed E-state index contributed by atoms with van der Waals surface area (Å²) in [5, 5.41) is 8.73. The average Bonchev–Trinajstić information content (AvgIpc) is 2.44. The molecule has 0 bridgehead atoms. The minimum absolute atomic E-state index is 0.0683. The Kier molecular flexibility index (Phi) is 4.39. The van der Waals surface area contributed by atoms with E-state index in [4.69, 9.17) is 17.4 Å². The number of nitrogens with two attached hydrogens (primary N) is 1. The molecule has 1 aromatic rings. The zero-order valence-electron chi connectivity index (χ0n) is 11.3. The molecule has 1 fully saturated rings. The van der Waals surface area contributed by atoms with E-state index in [1.54, 1.807) is 0 Å². The molecule has 0 saturated carbocycles. The van der Waals surface area contributed by atoms with Crippen LogP contribution in [-0.4, -0.2) is 29.7 Å². The summed E-state index contributed by atoms with van der Waals surface area (Å²) in [5.41, 5.74) is 6.91. The largest absolute Gasteiger partial charge is 0.322 e. The molecule has 1 aliphatic rings. The number of hydrogen-bond acceptors (Lipinski definition) is 3. The van der Waals surface area contributed by atoms with Gasteiger partial charge in [0.1, 0.15) is 6.17 Å². The monoisotopic (exact) mass is 271 g/mol. The first kappa shape index (κ1) is 14.5. The minimum atomic E-state index is -1.17. The van der Waals surface area contributed by atoms with E-state index in [1.807, 2.05) is 35.2 Å². The SMILES string of the molecule is C#Cc1ccc(CN2CCC(N)(CC#N)C(F)C2)cc1. The van der Waals surface area contributed by atoms with Gasteiger partial charge in [0, 0.05) is 25.2 Å². The maximum Gasteiger partial charge on any atom is 0.132 e. The van der Waals surface area contributed by atoms with Gasteiger partial charge in [-0.05, 0) is 24.1 Å². The van der Waals surface area contributed by atoms with Gasteiger partial charge in [0.2, 0.25) is 0 Å².